The summed E-state index contributed by atoms with van der Waals surface area (Å²) in [5, 5.41) is 9.50. The molecule has 1 N–H and O–H groups in total. The standard InChI is InChI=1S/C22H31N3O3/c1-3-4-5-6-13-28-19-7-8-21-20(14-19)18(9-11-24-12-10-23-16-24)15-25(21)17(2)22(26)27/h7-8,10,12,14,16-18H,3-6,9,11,13,15H2,1-2H3,(H,26,27). The lowest BCUT2D eigenvalue weighted by Crippen LogP contribution is -2.38. The van der Waals surface area contributed by atoms with E-state index in [0.717, 1.165) is 44.0 Å². The Hall–Kier alpha value is -2.50. The molecule has 0 saturated heterocycles. The highest BCUT2D eigenvalue weighted by Gasteiger charge is 2.34. The van der Waals surface area contributed by atoms with E-state index in [-0.39, 0.29) is 5.92 Å². The quantitative estimate of drug-likeness (QED) is 0.584. The third-order valence-corrected chi connectivity index (χ3v) is 5.55. The van der Waals surface area contributed by atoms with E-state index in [2.05, 4.69) is 22.5 Å². The van der Waals surface area contributed by atoms with Crippen molar-refractivity contribution >= 4 is 11.7 Å². The number of hydrogen-bond donors (Lipinski definition) is 1. The van der Waals surface area contributed by atoms with Gasteiger partial charge in [0, 0.05) is 37.1 Å². The van der Waals surface area contributed by atoms with E-state index in [1.807, 2.05) is 29.6 Å². The van der Waals surface area contributed by atoms with Gasteiger partial charge >= 0.3 is 5.97 Å². The number of carboxylic acids is 1. The van der Waals surface area contributed by atoms with Gasteiger partial charge in [0.1, 0.15) is 11.8 Å². The number of unbranched alkanes of at least 4 members (excludes halogenated alkanes) is 3. The lowest BCUT2D eigenvalue weighted by molar-refractivity contribution is -0.138. The summed E-state index contributed by atoms with van der Waals surface area (Å²) in [6.07, 6.45) is 11.2. The molecule has 1 aliphatic rings. The minimum atomic E-state index is -0.794. The zero-order valence-electron chi connectivity index (χ0n) is 16.9. The molecule has 1 aromatic heterocycles. The summed E-state index contributed by atoms with van der Waals surface area (Å²) in [5.74, 6) is 0.369. The fourth-order valence-electron chi connectivity index (χ4n) is 3.83. The summed E-state index contributed by atoms with van der Waals surface area (Å²) in [7, 11) is 0. The first kappa shape index (κ1) is 20.2. The topological polar surface area (TPSA) is 67.6 Å². The molecule has 0 saturated carbocycles. The van der Waals surface area contributed by atoms with Gasteiger partial charge < -0.3 is 19.3 Å². The SMILES string of the molecule is CCCCCCOc1ccc2c(c1)C(CCn1ccnc1)CN2C(C)C(=O)O. The first-order valence-corrected chi connectivity index (χ1v) is 10.3. The van der Waals surface area contributed by atoms with Crippen molar-refractivity contribution in [2.24, 2.45) is 0 Å². The van der Waals surface area contributed by atoms with E-state index in [4.69, 9.17) is 4.74 Å². The van der Waals surface area contributed by atoms with Gasteiger partial charge in [0.15, 0.2) is 0 Å². The Balaban J connectivity index is 1.72. The molecule has 28 heavy (non-hydrogen) atoms. The van der Waals surface area contributed by atoms with Crippen LogP contribution in [0.2, 0.25) is 0 Å². The van der Waals surface area contributed by atoms with Gasteiger partial charge in [0.2, 0.25) is 0 Å². The first-order valence-electron chi connectivity index (χ1n) is 10.3. The number of aryl methyl sites for hydroxylation is 1. The van der Waals surface area contributed by atoms with Crippen molar-refractivity contribution in [3.63, 3.8) is 0 Å². The number of fused-ring (bicyclic) bond motifs is 1. The van der Waals surface area contributed by atoms with Gasteiger partial charge in [0.05, 0.1) is 12.9 Å². The lowest BCUT2D eigenvalue weighted by atomic mass is 9.97. The Bertz CT molecular complexity index is 760. The van der Waals surface area contributed by atoms with Crippen molar-refractivity contribution in [1.29, 1.82) is 0 Å². The Morgan fingerprint density at radius 1 is 1.36 bits per heavy atom. The summed E-state index contributed by atoms with van der Waals surface area (Å²) < 4.78 is 8.04. The van der Waals surface area contributed by atoms with Gasteiger partial charge in [0.25, 0.3) is 0 Å². The maximum Gasteiger partial charge on any atom is 0.326 e. The number of hydrogen-bond acceptors (Lipinski definition) is 4. The summed E-state index contributed by atoms with van der Waals surface area (Å²) in [6, 6.07) is 5.56. The van der Waals surface area contributed by atoms with Crippen LogP contribution in [0.15, 0.2) is 36.9 Å². The molecule has 1 aromatic carbocycles. The molecule has 2 unspecified atom stereocenters. The Kier molecular flexibility index (Phi) is 6.95. The number of rotatable bonds is 11. The molecular weight excluding hydrogens is 354 g/mol. The zero-order chi connectivity index (χ0) is 19.9. The molecule has 6 nitrogen and oxygen atoms in total. The molecular formula is C22H31N3O3. The Labute approximate surface area is 167 Å². The van der Waals surface area contributed by atoms with E-state index in [1.54, 1.807) is 13.1 Å². The highest BCUT2D eigenvalue weighted by molar-refractivity contribution is 5.79. The predicted molar refractivity (Wildman–Crippen MR) is 110 cm³/mol. The smallest absolute Gasteiger partial charge is 0.326 e. The highest BCUT2D eigenvalue weighted by Crippen LogP contribution is 2.41. The number of nitrogens with zero attached hydrogens (tertiary/aromatic N) is 3. The molecule has 0 aliphatic carbocycles. The normalized spacial score (nSPS) is 16.8. The number of aliphatic carboxylic acids is 1. The number of carbonyl (C=O) groups is 1. The van der Waals surface area contributed by atoms with Crippen molar-refractivity contribution in [2.45, 2.75) is 64.5 Å². The Morgan fingerprint density at radius 3 is 2.93 bits per heavy atom. The van der Waals surface area contributed by atoms with Crippen LogP contribution in [0.25, 0.3) is 0 Å². The van der Waals surface area contributed by atoms with Crippen molar-refractivity contribution in [3.8, 4) is 5.75 Å². The summed E-state index contributed by atoms with van der Waals surface area (Å²) in [4.78, 5) is 17.7. The first-order chi connectivity index (χ1) is 13.6. The second-order valence-electron chi connectivity index (χ2n) is 7.58. The van der Waals surface area contributed by atoms with E-state index in [1.165, 1.54) is 24.8 Å². The van der Waals surface area contributed by atoms with Crippen LogP contribution in [-0.2, 0) is 11.3 Å². The number of ether oxygens (including phenoxy) is 1. The number of benzene rings is 1. The van der Waals surface area contributed by atoms with Gasteiger partial charge in [-0.15, -0.1) is 0 Å². The van der Waals surface area contributed by atoms with Crippen LogP contribution in [0.1, 0.15) is 57.4 Å². The minimum absolute atomic E-state index is 0.280. The average Bonchev–Trinajstić information content (AvgIpc) is 3.33. The minimum Gasteiger partial charge on any atom is -0.494 e. The van der Waals surface area contributed by atoms with Gasteiger partial charge in [-0.05, 0) is 43.5 Å². The molecule has 6 heteroatoms. The lowest BCUT2D eigenvalue weighted by Gasteiger charge is -2.24. The molecule has 0 bridgehead atoms. The zero-order valence-corrected chi connectivity index (χ0v) is 16.9. The maximum atomic E-state index is 11.6. The molecule has 3 rings (SSSR count). The van der Waals surface area contributed by atoms with Crippen LogP contribution >= 0.6 is 0 Å². The third-order valence-electron chi connectivity index (χ3n) is 5.55. The maximum absolute atomic E-state index is 11.6. The molecule has 2 atom stereocenters. The van der Waals surface area contributed by atoms with Crippen molar-refractivity contribution in [3.05, 3.63) is 42.5 Å². The highest BCUT2D eigenvalue weighted by atomic mass is 16.5. The van der Waals surface area contributed by atoms with Crippen LogP contribution in [0.4, 0.5) is 5.69 Å². The van der Waals surface area contributed by atoms with Gasteiger partial charge in [-0.2, -0.15) is 0 Å². The largest absolute Gasteiger partial charge is 0.494 e. The predicted octanol–water partition coefficient (Wildman–Crippen LogP) is 4.31. The van der Waals surface area contributed by atoms with Gasteiger partial charge in [-0.1, -0.05) is 26.2 Å². The van der Waals surface area contributed by atoms with E-state index >= 15 is 0 Å². The van der Waals surface area contributed by atoms with Crippen LogP contribution in [0.5, 0.6) is 5.75 Å². The van der Waals surface area contributed by atoms with Crippen molar-refractivity contribution in [2.75, 3.05) is 18.1 Å². The van der Waals surface area contributed by atoms with E-state index < -0.39 is 12.0 Å². The van der Waals surface area contributed by atoms with Gasteiger partial charge in [-0.3, -0.25) is 0 Å². The van der Waals surface area contributed by atoms with Crippen LogP contribution in [-0.4, -0.2) is 39.8 Å². The Morgan fingerprint density at radius 2 is 2.21 bits per heavy atom. The monoisotopic (exact) mass is 385 g/mol. The van der Waals surface area contributed by atoms with Crippen LogP contribution in [0, 0.1) is 0 Å². The van der Waals surface area contributed by atoms with E-state index in [0.29, 0.717) is 0 Å². The summed E-state index contributed by atoms with van der Waals surface area (Å²) >= 11 is 0. The average molecular weight is 386 g/mol. The molecule has 0 spiro atoms. The molecule has 0 radical (unpaired) electrons. The second kappa shape index (κ2) is 9.62. The molecule has 152 valence electrons. The molecule has 0 fully saturated rings. The summed E-state index contributed by atoms with van der Waals surface area (Å²) in [5.41, 5.74) is 2.21. The number of imidazole rings is 1. The number of anilines is 1. The fraction of sp³-hybridized carbons (Fsp3) is 0.545. The molecule has 2 heterocycles. The number of carboxylic acid groups (broad SMARTS) is 1. The molecule has 1 aliphatic heterocycles. The molecule has 2 aromatic rings. The van der Waals surface area contributed by atoms with Crippen LogP contribution < -0.4 is 9.64 Å². The molecule has 0 amide bonds. The van der Waals surface area contributed by atoms with E-state index in [9.17, 15) is 9.90 Å². The second-order valence-corrected chi connectivity index (χ2v) is 7.58. The van der Waals surface area contributed by atoms with Crippen molar-refractivity contribution < 1.29 is 14.6 Å². The number of aromatic nitrogens is 2. The van der Waals surface area contributed by atoms with Crippen molar-refractivity contribution in [1.82, 2.24) is 9.55 Å². The van der Waals surface area contributed by atoms with Crippen LogP contribution in [0.3, 0.4) is 0 Å². The third kappa shape index (κ3) is 4.86. The fourth-order valence-corrected chi connectivity index (χ4v) is 3.83. The summed E-state index contributed by atoms with van der Waals surface area (Å²) in [6.45, 7) is 6.27. The van der Waals surface area contributed by atoms with Gasteiger partial charge in [-0.25, -0.2) is 9.78 Å².